The van der Waals surface area contributed by atoms with Crippen molar-refractivity contribution in [3.8, 4) is 0 Å². The van der Waals surface area contributed by atoms with E-state index in [1.54, 1.807) is 12.1 Å². The number of aliphatic hydroxyl groups excluding tert-OH is 1. The van der Waals surface area contributed by atoms with Crippen LogP contribution in [-0.4, -0.2) is 29.2 Å². The largest absolute Gasteiger partial charge is 0.391 e. The first-order chi connectivity index (χ1) is 10.6. The fourth-order valence-electron chi connectivity index (χ4n) is 3.14. The summed E-state index contributed by atoms with van der Waals surface area (Å²) in [6, 6.07) is 14.8. The van der Waals surface area contributed by atoms with E-state index in [0.717, 1.165) is 13.0 Å². The molecule has 1 aliphatic rings. The number of halogens is 2. The molecule has 0 unspecified atom stereocenters. The molecule has 22 heavy (non-hydrogen) atoms. The van der Waals surface area contributed by atoms with Gasteiger partial charge in [-0.25, -0.2) is 4.39 Å². The lowest BCUT2D eigenvalue weighted by molar-refractivity contribution is 0.0472. The van der Waals surface area contributed by atoms with E-state index < -0.39 is 6.10 Å². The lowest BCUT2D eigenvalue weighted by Gasteiger charge is -2.36. The Morgan fingerprint density at radius 2 is 1.91 bits per heavy atom. The minimum Gasteiger partial charge on any atom is -0.391 e. The smallest absolute Gasteiger partial charge is 0.129 e. The summed E-state index contributed by atoms with van der Waals surface area (Å²) in [6.07, 6.45) is 0.416. The van der Waals surface area contributed by atoms with E-state index in [-0.39, 0.29) is 11.7 Å². The van der Waals surface area contributed by atoms with E-state index in [1.807, 2.05) is 18.2 Å². The third-order valence-electron chi connectivity index (χ3n) is 4.34. The highest BCUT2D eigenvalue weighted by molar-refractivity contribution is 6.31. The minimum atomic E-state index is -0.443. The average molecular weight is 320 g/mol. The number of rotatable bonds is 3. The number of hydrogen-bond donors (Lipinski definition) is 1. The quantitative estimate of drug-likeness (QED) is 0.929. The first kappa shape index (κ1) is 15.5. The van der Waals surface area contributed by atoms with Gasteiger partial charge in [0.2, 0.25) is 0 Å². The number of benzene rings is 2. The standard InChI is InChI=1S/C18H19ClFNO/c19-16-7-4-8-17(20)15(16)11-21-10-9-14(18(22)12-21)13-5-2-1-3-6-13/h1-8,14,18,22H,9-12H2/t14-,18+/m0/s1. The Hall–Kier alpha value is -1.42. The van der Waals surface area contributed by atoms with Gasteiger partial charge in [0.1, 0.15) is 5.82 Å². The lowest BCUT2D eigenvalue weighted by Crippen LogP contribution is -2.42. The summed E-state index contributed by atoms with van der Waals surface area (Å²) in [5.74, 6) is -0.138. The van der Waals surface area contributed by atoms with Crippen molar-refractivity contribution in [2.75, 3.05) is 13.1 Å². The Labute approximate surface area is 135 Å². The predicted octanol–water partition coefficient (Wildman–Crippen LogP) is 3.83. The Balaban J connectivity index is 1.68. The monoisotopic (exact) mass is 319 g/mol. The van der Waals surface area contributed by atoms with Crippen LogP contribution in [0.15, 0.2) is 48.5 Å². The zero-order chi connectivity index (χ0) is 15.5. The molecule has 0 spiro atoms. The van der Waals surface area contributed by atoms with Gasteiger partial charge in [-0.1, -0.05) is 48.0 Å². The van der Waals surface area contributed by atoms with Gasteiger partial charge in [0.25, 0.3) is 0 Å². The van der Waals surface area contributed by atoms with E-state index in [1.165, 1.54) is 11.6 Å². The Kier molecular flexibility index (Phi) is 4.77. The summed E-state index contributed by atoms with van der Waals surface area (Å²) < 4.78 is 13.9. The second-order valence-corrected chi connectivity index (χ2v) is 6.22. The third-order valence-corrected chi connectivity index (χ3v) is 4.69. The van der Waals surface area contributed by atoms with Crippen molar-refractivity contribution < 1.29 is 9.50 Å². The normalized spacial score (nSPS) is 22.7. The molecule has 4 heteroatoms. The maximum atomic E-state index is 13.9. The van der Waals surface area contributed by atoms with Crippen molar-refractivity contribution >= 4 is 11.6 Å². The highest BCUT2D eigenvalue weighted by Crippen LogP contribution is 2.30. The lowest BCUT2D eigenvalue weighted by atomic mass is 9.87. The molecule has 0 radical (unpaired) electrons. The predicted molar refractivity (Wildman–Crippen MR) is 86.5 cm³/mol. The van der Waals surface area contributed by atoms with Gasteiger partial charge in [-0.2, -0.15) is 0 Å². The minimum absolute atomic E-state index is 0.147. The molecule has 0 aliphatic carbocycles. The first-order valence-corrected chi connectivity index (χ1v) is 7.91. The molecule has 0 aromatic heterocycles. The van der Waals surface area contributed by atoms with Crippen LogP contribution in [0.4, 0.5) is 4.39 Å². The third kappa shape index (κ3) is 3.32. The summed E-state index contributed by atoms with van der Waals surface area (Å²) >= 11 is 6.08. The number of piperidine rings is 1. The van der Waals surface area contributed by atoms with E-state index in [0.29, 0.717) is 23.7 Å². The second-order valence-electron chi connectivity index (χ2n) is 5.81. The molecule has 1 N–H and O–H groups in total. The van der Waals surface area contributed by atoms with Crippen molar-refractivity contribution in [3.05, 3.63) is 70.5 Å². The van der Waals surface area contributed by atoms with Crippen molar-refractivity contribution in [2.24, 2.45) is 0 Å². The Morgan fingerprint density at radius 3 is 2.59 bits per heavy atom. The maximum Gasteiger partial charge on any atom is 0.129 e. The van der Waals surface area contributed by atoms with Crippen LogP contribution in [0.3, 0.4) is 0 Å². The van der Waals surface area contributed by atoms with Gasteiger partial charge >= 0.3 is 0 Å². The molecule has 2 atom stereocenters. The van der Waals surface area contributed by atoms with Crippen LogP contribution in [0, 0.1) is 5.82 Å². The Morgan fingerprint density at radius 1 is 1.14 bits per heavy atom. The molecule has 2 aromatic carbocycles. The molecule has 1 fully saturated rings. The number of aliphatic hydroxyl groups is 1. The van der Waals surface area contributed by atoms with Gasteiger partial charge < -0.3 is 5.11 Å². The number of hydrogen-bond acceptors (Lipinski definition) is 2. The molecular formula is C18H19ClFNO. The summed E-state index contributed by atoms with van der Waals surface area (Å²) in [7, 11) is 0. The molecule has 0 amide bonds. The summed E-state index contributed by atoms with van der Waals surface area (Å²) in [4.78, 5) is 2.06. The van der Waals surface area contributed by atoms with Crippen molar-refractivity contribution in [1.82, 2.24) is 4.90 Å². The number of likely N-dealkylation sites (tertiary alicyclic amines) is 1. The van der Waals surface area contributed by atoms with Gasteiger partial charge in [0, 0.05) is 29.6 Å². The van der Waals surface area contributed by atoms with Crippen LogP contribution < -0.4 is 0 Å². The molecule has 0 saturated carbocycles. The summed E-state index contributed by atoms with van der Waals surface area (Å²) in [6.45, 7) is 1.79. The molecule has 3 rings (SSSR count). The molecule has 116 valence electrons. The molecule has 1 heterocycles. The molecule has 0 bridgehead atoms. The molecular weight excluding hydrogens is 301 g/mol. The maximum absolute atomic E-state index is 13.9. The second kappa shape index (κ2) is 6.78. The average Bonchev–Trinajstić information content (AvgIpc) is 2.52. The van der Waals surface area contributed by atoms with Gasteiger partial charge in [0.15, 0.2) is 0 Å². The zero-order valence-electron chi connectivity index (χ0n) is 12.3. The van der Waals surface area contributed by atoms with Crippen LogP contribution >= 0.6 is 11.6 Å². The fourth-order valence-corrected chi connectivity index (χ4v) is 3.36. The Bertz CT molecular complexity index is 614. The van der Waals surface area contributed by atoms with Crippen LogP contribution in [-0.2, 0) is 6.54 Å². The van der Waals surface area contributed by atoms with Crippen LogP contribution in [0.2, 0.25) is 5.02 Å². The van der Waals surface area contributed by atoms with Gasteiger partial charge in [-0.3, -0.25) is 4.90 Å². The highest BCUT2D eigenvalue weighted by Gasteiger charge is 2.29. The highest BCUT2D eigenvalue weighted by atomic mass is 35.5. The topological polar surface area (TPSA) is 23.5 Å². The van der Waals surface area contributed by atoms with Gasteiger partial charge in [0.05, 0.1) is 6.10 Å². The molecule has 2 aromatic rings. The van der Waals surface area contributed by atoms with Crippen LogP contribution in [0.5, 0.6) is 0 Å². The summed E-state index contributed by atoms with van der Waals surface area (Å²) in [5, 5.41) is 10.9. The fraction of sp³-hybridized carbons (Fsp3) is 0.333. The van der Waals surface area contributed by atoms with Gasteiger partial charge in [-0.15, -0.1) is 0 Å². The molecule has 1 aliphatic heterocycles. The first-order valence-electron chi connectivity index (χ1n) is 7.53. The van der Waals surface area contributed by atoms with Crippen molar-refractivity contribution in [3.63, 3.8) is 0 Å². The van der Waals surface area contributed by atoms with E-state index >= 15 is 0 Å². The molecule has 2 nitrogen and oxygen atoms in total. The van der Waals surface area contributed by atoms with Crippen LogP contribution in [0.25, 0.3) is 0 Å². The van der Waals surface area contributed by atoms with E-state index in [9.17, 15) is 9.50 Å². The van der Waals surface area contributed by atoms with Crippen molar-refractivity contribution in [1.29, 1.82) is 0 Å². The zero-order valence-corrected chi connectivity index (χ0v) is 13.0. The van der Waals surface area contributed by atoms with E-state index in [2.05, 4.69) is 17.0 Å². The van der Waals surface area contributed by atoms with Gasteiger partial charge in [-0.05, 0) is 30.7 Å². The number of nitrogens with zero attached hydrogens (tertiary/aromatic N) is 1. The summed E-state index contributed by atoms with van der Waals surface area (Å²) in [5.41, 5.74) is 1.67. The SMILES string of the molecule is O[C@@H]1CN(Cc2c(F)cccc2Cl)CC[C@H]1c1ccccc1. The van der Waals surface area contributed by atoms with E-state index in [4.69, 9.17) is 11.6 Å². The number of β-amino-alcohol motifs (C(OH)–C–C–N with tert-alkyl or cyclic N) is 1. The van der Waals surface area contributed by atoms with Crippen molar-refractivity contribution in [2.45, 2.75) is 25.0 Å². The van der Waals surface area contributed by atoms with Crippen LogP contribution in [0.1, 0.15) is 23.5 Å². The molecule has 1 saturated heterocycles.